The van der Waals surface area contributed by atoms with Crippen LogP contribution in [0.4, 0.5) is 4.79 Å². The van der Waals surface area contributed by atoms with Gasteiger partial charge in [-0.2, -0.15) is 0 Å². The molecular weight excluding hydrogens is 184 g/mol. The third-order valence-electron chi connectivity index (χ3n) is 1.64. The van der Waals surface area contributed by atoms with Gasteiger partial charge in [0, 0.05) is 5.56 Å². The summed E-state index contributed by atoms with van der Waals surface area (Å²) in [5, 5.41) is 0. The normalized spacial score (nSPS) is 9.21. The van der Waals surface area contributed by atoms with Gasteiger partial charge in [-0.1, -0.05) is 24.3 Å². The fourth-order valence-electron chi connectivity index (χ4n) is 0.894. The van der Waals surface area contributed by atoms with E-state index in [4.69, 9.17) is 4.74 Å². The SMILES string of the molecule is COC(=O)OCc1ccc(C=O)cc1. The third kappa shape index (κ3) is 2.90. The van der Waals surface area contributed by atoms with Crippen LogP contribution in [0.25, 0.3) is 0 Å². The Morgan fingerprint density at radius 1 is 1.36 bits per heavy atom. The standard InChI is InChI=1S/C10H10O4/c1-13-10(12)14-7-9-4-2-8(6-11)3-5-9/h2-6H,7H2,1H3. The molecule has 0 unspecified atom stereocenters. The number of rotatable bonds is 3. The molecule has 1 aromatic carbocycles. The van der Waals surface area contributed by atoms with Gasteiger partial charge in [0.15, 0.2) is 0 Å². The zero-order valence-electron chi connectivity index (χ0n) is 7.73. The van der Waals surface area contributed by atoms with Gasteiger partial charge in [0.05, 0.1) is 7.11 Å². The summed E-state index contributed by atoms with van der Waals surface area (Å²) in [5.74, 6) is 0. The highest BCUT2D eigenvalue weighted by Crippen LogP contribution is 2.04. The number of carbonyl (C=O) groups excluding carboxylic acids is 2. The second-order valence-electron chi connectivity index (χ2n) is 2.60. The van der Waals surface area contributed by atoms with Crippen LogP contribution in [0.2, 0.25) is 0 Å². The number of ether oxygens (including phenoxy) is 2. The first-order chi connectivity index (χ1) is 6.76. The van der Waals surface area contributed by atoms with Crippen LogP contribution in [-0.4, -0.2) is 19.6 Å². The van der Waals surface area contributed by atoms with Crippen molar-refractivity contribution >= 4 is 12.4 Å². The second-order valence-corrected chi connectivity index (χ2v) is 2.60. The van der Waals surface area contributed by atoms with Gasteiger partial charge in [0.25, 0.3) is 0 Å². The van der Waals surface area contributed by atoms with E-state index in [1.807, 2.05) is 0 Å². The first kappa shape index (κ1) is 10.2. The molecule has 0 saturated carbocycles. The molecule has 0 aliphatic carbocycles. The van der Waals surface area contributed by atoms with Crippen molar-refractivity contribution in [3.8, 4) is 0 Å². The van der Waals surface area contributed by atoms with Gasteiger partial charge < -0.3 is 9.47 Å². The van der Waals surface area contributed by atoms with Crippen LogP contribution in [0.1, 0.15) is 15.9 Å². The summed E-state index contributed by atoms with van der Waals surface area (Å²) in [6.45, 7) is 0.145. The second kappa shape index (κ2) is 5.01. The molecule has 4 heteroatoms. The first-order valence-electron chi connectivity index (χ1n) is 4.01. The van der Waals surface area contributed by atoms with E-state index in [1.165, 1.54) is 7.11 Å². The molecule has 0 radical (unpaired) electrons. The Morgan fingerprint density at radius 3 is 2.50 bits per heavy atom. The molecule has 0 amide bonds. The fourth-order valence-corrected chi connectivity index (χ4v) is 0.894. The van der Waals surface area contributed by atoms with Crippen molar-refractivity contribution in [3.63, 3.8) is 0 Å². The molecule has 4 nitrogen and oxygen atoms in total. The molecule has 0 spiro atoms. The minimum Gasteiger partial charge on any atom is -0.438 e. The van der Waals surface area contributed by atoms with Gasteiger partial charge in [-0.15, -0.1) is 0 Å². The maximum Gasteiger partial charge on any atom is 0.508 e. The summed E-state index contributed by atoms with van der Waals surface area (Å²) in [7, 11) is 1.25. The lowest BCUT2D eigenvalue weighted by molar-refractivity contribution is 0.0669. The summed E-state index contributed by atoms with van der Waals surface area (Å²) < 4.78 is 9.00. The number of hydrogen-bond acceptors (Lipinski definition) is 4. The molecule has 0 aliphatic heterocycles. The molecule has 0 N–H and O–H groups in total. The van der Waals surface area contributed by atoms with Crippen molar-refractivity contribution in [1.82, 2.24) is 0 Å². The largest absolute Gasteiger partial charge is 0.508 e. The number of benzene rings is 1. The van der Waals surface area contributed by atoms with Gasteiger partial charge in [-0.3, -0.25) is 4.79 Å². The van der Waals surface area contributed by atoms with Crippen molar-refractivity contribution < 1.29 is 19.1 Å². The lowest BCUT2D eigenvalue weighted by Gasteiger charge is -2.02. The predicted molar refractivity (Wildman–Crippen MR) is 49.0 cm³/mol. The van der Waals surface area contributed by atoms with Crippen LogP contribution >= 0.6 is 0 Å². The highest BCUT2D eigenvalue weighted by Gasteiger charge is 2.00. The molecule has 1 aromatic rings. The zero-order valence-corrected chi connectivity index (χ0v) is 7.73. The number of methoxy groups -OCH3 is 1. The zero-order chi connectivity index (χ0) is 10.4. The van der Waals surface area contributed by atoms with Gasteiger partial charge >= 0.3 is 6.16 Å². The third-order valence-corrected chi connectivity index (χ3v) is 1.64. The lowest BCUT2D eigenvalue weighted by atomic mass is 10.2. The van der Waals surface area contributed by atoms with Crippen molar-refractivity contribution in [2.24, 2.45) is 0 Å². The van der Waals surface area contributed by atoms with E-state index in [-0.39, 0.29) is 6.61 Å². The fraction of sp³-hybridized carbons (Fsp3) is 0.200. The molecule has 14 heavy (non-hydrogen) atoms. The number of carbonyl (C=O) groups is 2. The van der Waals surface area contributed by atoms with E-state index >= 15 is 0 Å². The Kier molecular flexibility index (Phi) is 3.67. The molecule has 0 atom stereocenters. The Bertz CT molecular complexity index is 315. The van der Waals surface area contributed by atoms with E-state index in [0.717, 1.165) is 11.8 Å². The van der Waals surface area contributed by atoms with Gasteiger partial charge in [-0.25, -0.2) is 4.79 Å². The van der Waals surface area contributed by atoms with Gasteiger partial charge in [-0.05, 0) is 5.56 Å². The summed E-state index contributed by atoms with van der Waals surface area (Å²) in [6, 6.07) is 6.74. The molecular formula is C10H10O4. The molecule has 74 valence electrons. The summed E-state index contributed by atoms with van der Waals surface area (Å²) in [6.07, 6.45) is 0.0368. The van der Waals surface area contributed by atoms with Crippen LogP contribution < -0.4 is 0 Å². The van der Waals surface area contributed by atoms with Crippen LogP contribution in [0.3, 0.4) is 0 Å². The Labute approximate surface area is 81.4 Å². The van der Waals surface area contributed by atoms with Crippen LogP contribution in [0.15, 0.2) is 24.3 Å². The minimum atomic E-state index is -0.718. The van der Waals surface area contributed by atoms with Crippen LogP contribution in [0.5, 0.6) is 0 Å². The Morgan fingerprint density at radius 2 is 2.00 bits per heavy atom. The summed E-state index contributed by atoms with van der Waals surface area (Å²) in [4.78, 5) is 20.9. The highest BCUT2D eigenvalue weighted by molar-refractivity contribution is 5.74. The van der Waals surface area contributed by atoms with Crippen molar-refractivity contribution in [2.75, 3.05) is 7.11 Å². The maximum atomic E-state index is 10.6. The molecule has 1 rings (SSSR count). The van der Waals surface area contributed by atoms with Crippen LogP contribution in [-0.2, 0) is 16.1 Å². The van der Waals surface area contributed by atoms with E-state index in [1.54, 1.807) is 24.3 Å². The van der Waals surface area contributed by atoms with Gasteiger partial charge in [0.1, 0.15) is 12.9 Å². The van der Waals surface area contributed by atoms with E-state index in [9.17, 15) is 9.59 Å². The topological polar surface area (TPSA) is 52.6 Å². The van der Waals surface area contributed by atoms with Crippen molar-refractivity contribution in [3.05, 3.63) is 35.4 Å². The highest BCUT2D eigenvalue weighted by atomic mass is 16.7. The molecule has 0 saturated heterocycles. The average molecular weight is 194 g/mol. The predicted octanol–water partition coefficient (Wildman–Crippen LogP) is 1.78. The average Bonchev–Trinajstić information content (AvgIpc) is 2.26. The van der Waals surface area contributed by atoms with Crippen LogP contribution in [0, 0.1) is 0 Å². The Hall–Kier alpha value is -1.84. The van der Waals surface area contributed by atoms with E-state index in [0.29, 0.717) is 5.56 Å². The molecule has 0 heterocycles. The molecule has 0 fully saturated rings. The number of aldehydes is 1. The smallest absolute Gasteiger partial charge is 0.438 e. The quantitative estimate of drug-likeness (QED) is 0.543. The molecule has 0 bridgehead atoms. The molecule has 0 aliphatic rings. The monoisotopic (exact) mass is 194 g/mol. The maximum absolute atomic E-state index is 10.6. The van der Waals surface area contributed by atoms with Crippen molar-refractivity contribution in [1.29, 1.82) is 0 Å². The summed E-state index contributed by atoms with van der Waals surface area (Å²) in [5.41, 5.74) is 1.40. The van der Waals surface area contributed by atoms with E-state index in [2.05, 4.69) is 4.74 Å². The first-order valence-corrected chi connectivity index (χ1v) is 4.01. The lowest BCUT2D eigenvalue weighted by Crippen LogP contribution is -2.03. The summed E-state index contributed by atoms with van der Waals surface area (Å²) >= 11 is 0. The van der Waals surface area contributed by atoms with E-state index < -0.39 is 6.16 Å². The van der Waals surface area contributed by atoms with Gasteiger partial charge in [0.2, 0.25) is 0 Å². The molecule has 0 aromatic heterocycles. The minimum absolute atomic E-state index is 0.145. The number of hydrogen-bond donors (Lipinski definition) is 0. The Balaban J connectivity index is 2.51. The van der Waals surface area contributed by atoms with Crippen molar-refractivity contribution in [2.45, 2.75) is 6.61 Å².